The lowest BCUT2D eigenvalue weighted by Gasteiger charge is -2.05. The number of aryl methyl sites for hydroxylation is 1. The molecule has 0 unspecified atom stereocenters. The zero-order chi connectivity index (χ0) is 10.6. The maximum absolute atomic E-state index is 13.0. The average Bonchev–Trinajstić information content (AvgIpc) is 2.09. The lowest BCUT2D eigenvalue weighted by atomic mass is 10.0. The van der Waals surface area contributed by atoms with Crippen LogP contribution >= 0.6 is 0 Å². The smallest absolute Gasteiger partial charge is 0.123 e. The second-order valence-corrected chi connectivity index (χ2v) is 3.81. The fourth-order valence-electron chi connectivity index (χ4n) is 1.51. The summed E-state index contributed by atoms with van der Waals surface area (Å²) in [4.78, 5) is 0. The van der Waals surface area contributed by atoms with Crippen molar-refractivity contribution in [2.75, 3.05) is 0 Å². The minimum atomic E-state index is -0.155. The second kappa shape index (κ2) is 4.94. The first-order valence-electron chi connectivity index (χ1n) is 5.07. The van der Waals surface area contributed by atoms with Crippen LogP contribution in [-0.4, -0.2) is 0 Å². The largest absolute Gasteiger partial charge is 0.207 e. The predicted octanol–water partition coefficient (Wildman–Crippen LogP) is 4.20. The van der Waals surface area contributed by atoms with Gasteiger partial charge < -0.3 is 0 Å². The van der Waals surface area contributed by atoms with Gasteiger partial charge in [-0.3, -0.25) is 0 Å². The van der Waals surface area contributed by atoms with Crippen LogP contribution in [0.5, 0.6) is 0 Å². The zero-order valence-electron chi connectivity index (χ0n) is 9.10. The Bertz CT molecular complexity index is 333. The van der Waals surface area contributed by atoms with E-state index >= 15 is 0 Å². The molecule has 1 rings (SSSR count). The third-order valence-corrected chi connectivity index (χ3v) is 2.07. The van der Waals surface area contributed by atoms with Crippen molar-refractivity contribution in [2.24, 2.45) is 0 Å². The van der Waals surface area contributed by atoms with Gasteiger partial charge in [0.25, 0.3) is 0 Å². The molecule has 1 aromatic carbocycles. The summed E-state index contributed by atoms with van der Waals surface area (Å²) in [5, 5.41) is 0. The molecule has 0 atom stereocenters. The minimum Gasteiger partial charge on any atom is -0.207 e. The predicted molar refractivity (Wildman–Crippen MR) is 59.7 cm³/mol. The summed E-state index contributed by atoms with van der Waals surface area (Å²) >= 11 is 0. The van der Waals surface area contributed by atoms with Crippen molar-refractivity contribution in [3.05, 3.63) is 40.7 Å². The van der Waals surface area contributed by atoms with Gasteiger partial charge in [-0.15, -0.1) is 0 Å². The number of rotatable bonds is 3. The first-order valence-corrected chi connectivity index (χ1v) is 5.07. The highest BCUT2D eigenvalue weighted by molar-refractivity contribution is 5.56. The number of benzene rings is 1. The van der Waals surface area contributed by atoms with Crippen LogP contribution in [0.4, 0.5) is 4.39 Å². The van der Waals surface area contributed by atoms with Crippen LogP contribution in [0.2, 0.25) is 0 Å². The van der Waals surface area contributed by atoms with E-state index in [1.54, 1.807) is 6.07 Å². The highest BCUT2D eigenvalue weighted by Gasteiger charge is 2.00. The van der Waals surface area contributed by atoms with Crippen molar-refractivity contribution in [3.63, 3.8) is 0 Å². The molecule has 0 aliphatic rings. The van der Waals surface area contributed by atoms with Crippen molar-refractivity contribution in [1.29, 1.82) is 0 Å². The molecule has 0 radical (unpaired) electrons. The van der Waals surface area contributed by atoms with Crippen molar-refractivity contribution in [3.8, 4) is 0 Å². The Labute approximate surface area is 85.5 Å². The Hall–Kier alpha value is -1.11. The van der Waals surface area contributed by atoms with Crippen LogP contribution in [-0.2, 0) is 6.42 Å². The fourth-order valence-corrected chi connectivity index (χ4v) is 1.51. The highest BCUT2D eigenvalue weighted by Crippen LogP contribution is 2.16. The molecule has 0 aliphatic carbocycles. The molecule has 0 N–H and O–H groups in total. The monoisotopic (exact) mass is 192 g/mol. The first kappa shape index (κ1) is 11.0. The van der Waals surface area contributed by atoms with Crippen LogP contribution in [0.25, 0.3) is 6.08 Å². The lowest BCUT2D eigenvalue weighted by Crippen LogP contribution is -1.90. The maximum Gasteiger partial charge on any atom is 0.123 e. The quantitative estimate of drug-likeness (QED) is 0.673. The third-order valence-electron chi connectivity index (χ3n) is 2.07. The van der Waals surface area contributed by atoms with Crippen molar-refractivity contribution in [2.45, 2.75) is 33.6 Å². The van der Waals surface area contributed by atoms with Crippen molar-refractivity contribution < 1.29 is 4.39 Å². The number of hydrogen-bond donors (Lipinski definition) is 0. The van der Waals surface area contributed by atoms with Gasteiger partial charge in [0.1, 0.15) is 5.82 Å². The van der Waals surface area contributed by atoms with E-state index in [9.17, 15) is 4.39 Å². The van der Waals surface area contributed by atoms with Crippen LogP contribution in [0.15, 0.2) is 23.8 Å². The molecule has 1 aromatic rings. The van der Waals surface area contributed by atoms with E-state index in [1.165, 1.54) is 17.2 Å². The third kappa shape index (κ3) is 2.99. The fraction of sp³-hybridized carbons (Fsp3) is 0.385. The van der Waals surface area contributed by atoms with Gasteiger partial charge in [-0.05, 0) is 43.5 Å². The summed E-state index contributed by atoms with van der Waals surface area (Å²) in [6, 6.07) is 5.03. The van der Waals surface area contributed by atoms with E-state index in [1.807, 2.05) is 26.0 Å². The molecule has 0 bridgehead atoms. The topological polar surface area (TPSA) is 0 Å². The van der Waals surface area contributed by atoms with E-state index in [2.05, 4.69) is 6.92 Å². The van der Waals surface area contributed by atoms with Crippen LogP contribution in [0.1, 0.15) is 38.3 Å². The highest BCUT2D eigenvalue weighted by atomic mass is 19.1. The summed E-state index contributed by atoms with van der Waals surface area (Å²) in [5.41, 5.74) is 3.45. The Morgan fingerprint density at radius 3 is 2.64 bits per heavy atom. The van der Waals surface area contributed by atoms with E-state index in [4.69, 9.17) is 0 Å². The molecular formula is C13H17F. The molecule has 14 heavy (non-hydrogen) atoms. The minimum absolute atomic E-state index is 0.155. The van der Waals surface area contributed by atoms with Gasteiger partial charge in [-0.2, -0.15) is 0 Å². The summed E-state index contributed by atoms with van der Waals surface area (Å²) in [7, 11) is 0. The average molecular weight is 192 g/mol. The van der Waals surface area contributed by atoms with Crippen molar-refractivity contribution in [1.82, 2.24) is 0 Å². The lowest BCUT2D eigenvalue weighted by molar-refractivity contribution is 0.626. The number of hydrogen-bond acceptors (Lipinski definition) is 0. The van der Waals surface area contributed by atoms with Gasteiger partial charge in [0, 0.05) is 0 Å². The number of halogens is 1. The molecule has 1 heteroatoms. The van der Waals surface area contributed by atoms with Crippen LogP contribution in [0, 0.1) is 5.82 Å². The van der Waals surface area contributed by atoms with Gasteiger partial charge in [-0.25, -0.2) is 4.39 Å². The molecule has 0 heterocycles. The summed E-state index contributed by atoms with van der Waals surface area (Å²) < 4.78 is 13.0. The molecule has 0 nitrogen and oxygen atoms in total. The second-order valence-electron chi connectivity index (χ2n) is 3.81. The van der Waals surface area contributed by atoms with Crippen molar-refractivity contribution >= 4 is 6.08 Å². The Kier molecular flexibility index (Phi) is 3.87. The summed E-state index contributed by atoms with van der Waals surface area (Å²) in [5.74, 6) is -0.155. The molecule has 0 amide bonds. The van der Waals surface area contributed by atoms with Gasteiger partial charge in [-0.1, -0.05) is 31.1 Å². The molecular weight excluding hydrogens is 175 g/mol. The first-order chi connectivity index (χ1) is 6.63. The van der Waals surface area contributed by atoms with E-state index < -0.39 is 0 Å². The Balaban J connectivity index is 3.09. The van der Waals surface area contributed by atoms with Gasteiger partial charge in [0.2, 0.25) is 0 Å². The zero-order valence-corrected chi connectivity index (χ0v) is 9.10. The summed E-state index contributed by atoms with van der Waals surface area (Å²) in [6.07, 6.45) is 4.14. The van der Waals surface area contributed by atoms with E-state index in [-0.39, 0.29) is 5.82 Å². The van der Waals surface area contributed by atoms with E-state index in [0.717, 1.165) is 18.4 Å². The molecule has 0 aromatic heterocycles. The standard InChI is InChI=1S/C13H17F/c1-4-5-11-6-7-13(14)9-12(11)8-10(2)3/h6-9H,4-5H2,1-3H3. The Morgan fingerprint density at radius 1 is 1.36 bits per heavy atom. The normalized spacial score (nSPS) is 10.0. The van der Waals surface area contributed by atoms with Gasteiger partial charge >= 0.3 is 0 Å². The Morgan fingerprint density at radius 2 is 2.07 bits per heavy atom. The van der Waals surface area contributed by atoms with Gasteiger partial charge in [0.15, 0.2) is 0 Å². The van der Waals surface area contributed by atoms with Gasteiger partial charge in [0.05, 0.1) is 0 Å². The SMILES string of the molecule is CCCc1ccc(F)cc1C=C(C)C. The molecule has 0 spiro atoms. The maximum atomic E-state index is 13.0. The molecule has 0 fully saturated rings. The molecule has 76 valence electrons. The van der Waals surface area contributed by atoms with Crippen LogP contribution < -0.4 is 0 Å². The molecule has 0 saturated carbocycles. The summed E-state index contributed by atoms with van der Waals surface area (Å²) in [6.45, 7) is 6.19. The van der Waals surface area contributed by atoms with E-state index in [0.29, 0.717) is 0 Å². The number of allylic oxidation sites excluding steroid dienone is 1. The van der Waals surface area contributed by atoms with Crippen LogP contribution in [0.3, 0.4) is 0 Å². The molecule has 0 saturated heterocycles. The molecule has 0 aliphatic heterocycles.